The second-order valence-corrected chi connectivity index (χ2v) is 4.04. The summed E-state index contributed by atoms with van der Waals surface area (Å²) in [7, 11) is 0. The maximum absolute atomic E-state index is 11.1. The predicted molar refractivity (Wildman–Crippen MR) is 57.7 cm³/mol. The van der Waals surface area contributed by atoms with Crippen LogP contribution in [0.2, 0.25) is 0 Å². The van der Waals surface area contributed by atoms with Gasteiger partial charge < -0.3 is 9.67 Å². The molecule has 4 heteroatoms. The summed E-state index contributed by atoms with van der Waals surface area (Å²) >= 11 is 0. The van der Waals surface area contributed by atoms with Crippen molar-refractivity contribution in [3.05, 3.63) is 18.2 Å². The van der Waals surface area contributed by atoms with Crippen LogP contribution in [-0.2, 0) is 11.3 Å². The van der Waals surface area contributed by atoms with E-state index in [2.05, 4.69) is 11.9 Å². The van der Waals surface area contributed by atoms with Crippen LogP contribution in [0, 0.1) is 5.92 Å². The third-order valence-electron chi connectivity index (χ3n) is 2.42. The first-order valence-electron chi connectivity index (χ1n) is 5.31. The number of rotatable bonds is 5. The highest BCUT2D eigenvalue weighted by Gasteiger charge is 2.27. The quantitative estimate of drug-likeness (QED) is 0.809. The molecule has 4 nitrogen and oxygen atoms in total. The Kier molecular flexibility index (Phi) is 3.88. The molecule has 1 heterocycles. The van der Waals surface area contributed by atoms with Crippen LogP contribution in [0.4, 0.5) is 0 Å². The van der Waals surface area contributed by atoms with Crippen molar-refractivity contribution in [2.24, 2.45) is 5.92 Å². The summed E-state index contributed by atoms with van der Waals surface area (Å²) in [5.74, 6) is -0.583. The second kappa shape index (κ2) is 4.96. The molecule has 15 heavy (non-hydrogen) atoms. The molecule has 0 aliphatic rings. The third-order valence-corrected chi connectivity index (χ3v) is 2.42. The van der Waals surface area contributed by atoms with Crippen LogP contribution in [0.3, 0.4) is 0 Å². The van der Waals surface area contributed by atoms with E-state index in [0.29, 0.717) is 5.82 Å². The van der Waals surface area contributed by atoms with Gasteiger partial charge in [0.25, 0.3) is 0 Å². The van der Waals surface area contributed by atoms with Crippen molar-refractivity contribution in [2.75, 3.05) is 0 Å². The van der Waals surface area contributed by atoms with E-state index in [9.17, 15) is 4.79 Å². The minimum absolute atomic E-state index is 0.0560. The van der Waals surface area contributed by atoms with Gasteiger partial charge in [-0.15, -0.1) is 0 Å². The van der Waals surface area contributed by atoms with Crippen molar-refractivity contribution in [3.63, 3.8) is 0 Å². The monoisotopic (exact) mass is 210 g/mol. The molecule has 0 saturated carbocycles. The van der Waals surface area contributed by atoms with E-state index in [0.717, 1.165) is 13.0 Å². The SMILES string of the molecule is CCCn1ccnc1C(C(=O)O)C(C)C. The zero-order valence-corrected chi connectivity index (χ0v) is 9.47. The first-order chi connectivity index (χ1) is 7.07. The Morgan fingerprint density at radius 2 is 2.27 bits per heavy atom. The van der Waals surface area contributed by atoms with E-state index in [1.165, 1.54) is 0 Å². The van der Waals surface area contributed by atoms with E-state index < -0.39 is 11.9 Å². The number of hydrogen-bond donors (Lipinski definition) is 1. The minimum atomic E-state index is -0.798. The smallest absolute Gasteiger partial charge is 0.314 e. The van der Waals surface area contributed by atoms with Gasteiger partial charge in [0.1, 0.15) is 11.7 Å². The Balaban J connectivity index is 3.00. The van der Waals surface area contributed by atoms with Crippen LogP contribution in [0.25, 0.3) is 0 Å². The molecule has 0 bridgehead atoms. The van der Waals surface area contributed by atoms with Crippen LogP contribution in [0.5, 0.6) is 0 Å². The first kappa shape index (κ1) is 11.8. The minimum Gasteiger partial charge on any atom is -0.481 e. The lowest BCUT2D eigenvalue weighted by atomic mass is 9.95. The lowest BCUT2D eigenvalue weighted by Crippen LogP contribution is -2.21. The van der Waals surface area contributed by atoms with Gasteiger partial charge in [-0.1, -0.05) is 20.8 Å². The summed E-state index contributed by atoms with van der Waals surface area (Å²) in [4.78, 5) is 15.3. The van der Waals surface area contributed by atoms with E-state index in [1.807, 2.05) is 24.6 Å². The van der Waals surface area contributed by atoms with Gasteiger partial charge in [-0.25, -0.2) is 4.98 Å². The molecule has 0 aliphatic heterocycles. The van der Waals surface area contributed by atoms with E-state index >= 15 is 0 Å². The highest BCUT2D eigenvalue weighted by molar-refractivity contribution is 5.75. The third kappa shape index (κ3) is 2.58. The molecule has 0 saturated heterocycles. The average Bonchev–Trinajstić information content (AvgIpc) is 2.53. The summed E-state index contributed by atoms with van der Waals surface area (Å²) in [6, 6.07) is 0. The number of carboxylic acids is 1. The van der Waals surface area contributed by atoms with Crippen LogP contribution < -0.4 is 0 Å². The number of nitrogens with zero attached hydrogens (tertiary/aromatic N) is 2. The van der Waals surface area contributed by atoms with Crippen molar-refractivity contribution >= 4 is 5.97 Å². The molecule has 1 N–H and O–H groups in total. The molecule has 84 valence electrons. The molecule has 1 atom stereocenters. The molecule has 1 unspecified atom stereocenters. The van der Waals surface area contributed by atoms with Crippen molar-refractivity contribution < 1.29 is 9.90 Å². The van der Waals surface area contributed by atoms with Crippen LogP contribution in [-0.4, -0.2) is 20.6 Å². The van der Waals surface area contributed by atoms with Gasteiger partial charge in [0.2, 0.25) is 0 Å². The van der Waals surface area contributed by atoms with Gasteiger partial charge >= 0.3 is 5.97 Å². The number of imidazole rings is 1. The number of aryl methyl sites for hydroxylation is 1. The normalized spacial score (nSPS) is 13.1. The van der Waals surface area contributed by atoms with Gasteiger partial charge in [0, 0.05) is 18.9 Å². The largest absolute Gasteiger partial charge is 0.481 e. The summed E-state index contributed by atoms with van der Waals surface area (Å²) < 4.78 is 1.93. The number of aromatic nitrogens is 2. The zero-order valence-electron chi connectivity index (χ0n) is 9.47. The second-order valence-electron chi connectivity index (χ2n) is 4.04. The van der Waals surface area contributed by atoms with Gasteiger partial charge in [-0.05, 0) is 12.3 Å². The summed E-state index contributed by atoms with van der Waals surface area (Å²) in [6.07, 6.45) is 4.49. The Morgan fingerprint density at radius 3 is 2.73 bits per heavy atom. The van der Waals surface area contributed by atoms with Crippen molar-refractivity contribution in [1.29, 1.82) is 0 Å². The summed E-state index contributed by atoms with van der Waals surface area (Å²) in [5, 5.41) is 9.15. The number of hydrogen-bond acceptors (Lipinski definition) is 2. The van der Waals surface area contributed by atoms with E-state index in [1.54, 1.807) is 6.20 Å². The molecule has 0 spiro atoms. The van der Waals surface area contributed by atoms with Crippen molar-refractivity contribution in [1.82, 2.24) is 9.55 Å². The van der Waals surface area contributed by atoms with Crippen molar-refractivity contribution in [3.8, 4) is 0 Å². The maximum atomic E-state index is 11.1. The molecule has 1 aromatic rings. The fraction of sp³-hybridized carbons (Fsp3) is 0.636. The highest BCUT2D eigenvalue weighted by atomic mass is 16.4. The molecule has 0 aromatic carbocycles. The Labute approximate surface area is 89.9 Å². The fourth-order valence-corrected chi connectivity index (χ4v) is 1.72. The topological polar surface area (TPSA) is 55.1 Å². The fourth-order valence-electron chi connectivity index (χ4n) is 1.72. The van der Waals surface area contributed by atoms with Gasteiger partial charge in [0.15, 0.2) is 0 Å². The van der Waals surface area contributed by atoms with Crippen LogP contribution in [0.15, 0.2) is 12.4 Å². The van der Waals surface area contributed by atoms with Crippen LogP contribution in [0.1, 0.15) is 38.9 Å². The average molecular weight is 210 g/mol. The first-order valence-corrected chi connectivity index (χ1v) is 5.31. The lowest BCUT2D eigenvalue weighted by Gasteiger charge is -2.17. The molecule has 0 fully saturated rings. The number of aliphatic carboxylic acids is 1. The van der Waals surface area contributed by atoms with Crippen LogP contribution >= 0.6 is 0 Å². The summed E-state index contributed by atoms with van der Waals surface area (Å²) in [6.45, 7) is 6.70. The van der Waals surface area contributed by atoms with Gasteiger partial charge in [-0.2, -0.15) is 0 Å². The molecule has 0 aliphatic carbocycles. The Morgan fingerprint density at radius 1 is 1.60 bits per heavy atom. The molecular weight excluding hydrogens is 192 g/mol. The predicted octanol–water partition coefficient (Wildman–Crippen LogP) is 2.12. The maximum Gasteiger partial charge on any atom is 0.314 e. The zero-order chi connectivity index (χ0) is 11.4. The number of carbonyl (C=O) groups is 1. The highest BCUT2D eigenvalue weighted by Crippen LogP contribution is 2.23. The van der Waals surface area contributed by atoms with Crippen molar-refractivity contribution in [2.45, 2.75) is 39.7 Å². The summed E-state index contributed by atoms with van der Waals surface area (Å²) in [5.41, 5.74) is 0. The van der Waals surface area contributed by atoms with E-state index in [-0.39, 0.29) is 5.92 Å². The Hall–Kier alpha value is -1.32. The number of carboxylic acid groups (broad SMARTS) is 1. The van der Waals surface area contributed by atoms with E-state index in [4.69, 9.17) is 5.11 Å². The molecular formula is C11H18N2O2. The Bertz CT molecular complexity index is 331. The molecule has 1 rings (SSSR count). The molecule has 1 aromatic heterocycles. The van der Waals surface area contributed by atoms with Gasteiger partial charge in [-0.3, -0.25) is 4.79 Å². The van der Waals surface area contributed by atoms with Gasteiger partial charge in [0.05, 0.1) is 0 Å². The lowest BCUT2D eigenvalue weighted by molar-refractivity contribution is -0.140. The molecule has 0 radical (unpaired) electrons. The molecule has 0 amide bonds. The standard InChI is InChI=1S/C11H18N2O2/c1-4-6-13-7-5-12-10(13)9(8(2)3)11(14)15/h5,7-9H,4,6H2,1-3H3,(H,14,15).